The molecule has 4 nitrogen and oxygen atoms in total. The molecule has 2 aliphatic heterocycles. The van der Waals surface area contributed by atoms with Crippen LogP contribution < -0.4 is 0 Å². The molecular formula is C22H35N3O. The zero-order valence-electron chi connectivity index (χ0n) is 16.4. The van der Waals surface area contributed by atoms with Crippen molar-refractivity contribution < 1.29 is 4.79 Å². The SMILES string of the molecule is CN1CCC(CN(CCc2ccccc2)C(=O)CN2CCCCC2)CC1. The lowest BCUT2D eigenvalue weighted by molar-refractivity contribution is -0.133. The van der Waals surface area contributed by atoms with Crippen LogP contribution in [0.4, 0.5) is 0 Å². The summed E-state index contributed by atoms with van der Waals surface area (Å²) in [6.07, 6.45) is 7.19. The van der Waals surface area contributed by atoms with Crippen molar-refractivity contribution in [1.82, 2.24) is 14.7 Å². The number of carbonyl (C=O) groups excluding carboxylic acids is 1. The Morgan fingerprint density at radius 2 is 1.73 bits per heavy atom. The highest BCUT2D eigenvalue weighted by atomic mass is 16.2. The van der Waals surface area contributed by atoms with Crippen molar-refractivity contribution in [2.75, 3.05) is 52.9 Å². The minimum atomic E-state index is 0.335. The average molecular weight is 358 g/mol. The van der Waals surface area contributed by atoms with Gasteiger partial charge < -0.3 is 9.80 Å². The number of rotatable bonds is 7. The Morgan fingerprint density at radius 3 is 2.42 bits per heavy atom. The average Bonchev–Trinajstić information content (AvgIpc) is 2.68. The zero-order valence-corrected chi connectivity index (χ0v) is 16.4. The van der Waals surface area contributed by atoms with Gasteiger partial charge in [-0.25, -0.2) is 0 Å². The van der Waals surface area contributed by atoms with Crippen molar-refractivity contribution in [2.45, 2.75) is 38.5 Å². The molecule has 1 aromatic rings. The molecule has 4 heteroatoms. The fraction of sp³-hybridized carbons (Fsp3) is 0.682. The van der Waals surface area contributed by atoms with Crippen molar-refractivity contribution in [3.05, 3.63) is 35.9 Å². The number of hydrogen-bond acceptors (Lipinski definition) is 3. The van der Waals surface area contributed by atoms with E-state index in [4.69, 9.17) is 0 Å². The van der Waals surface area contributed by atoms with E-state index < -0.39 is 0 Å². The number of benzene rings is 1. The number of nitrogens with zero attached hydrogens (tertiary/aromatic N) is 3. The molecule has 2 saturated heterocycles. The summed E-state index contributed by atoms with van der Waals surface area (Å²) in [5, 5.41) is 0. The van der Waals surface area contributed by atoms with Gasteiger partial charge in [-0.15, -0.1) is 0 Å². The summed E-state index contributed by atoms with van der Waals surface area (Å²) >= 11 is 0. The molecule has 0 radical (unpaired) electrons. The second-order valence-corrected chi connectivity index (χ2v) is 8.16. The lowest BCUT2D eigenvalue weighted by Gasteiger charge is -2.35. The van der Waals surface area contributed by atoms with E-state index in [0.717, 1.165) is 45.7 Å². The second-order valence-electron chi connectivity index (χ2n) is 8.16. The van der Waals surface area contributed by atoms with Gasteiger partial charge in [0.25, 0.3) is 0 Å². The monoisotopic (exact) mass is 357 g/mol. The van der Waals surface area contributed by atoms with Gasteiger partial charge in [0, 0.05) is 13.1 Å². The minimum absolute atomic E-state index is 0.335. The quantitative estimate of drug-likeness (QED) is 0.751. The van der Waals surface area contributed by atoms with Crippen LogP contribution in [0.5, 0.6) is 0 Å². The maximum Gasteiger partial charge on any atom is 0.236 e. The molecule has 3 rings (SSSR count). The van der Waals surface area contributed by atoms with E-state index in [1.807, 2.05) is 0 Å². The smallest absolute Gasteiger partial charge is 0.236 e. The van der Waals surface area contributed by atoms with Gasteiger partial charge in [0.2, 0.25) is 5.91 Å². The molecule has 0 unspecified atom stereocenters. The van der Waals surface area contributed by atoms with E-state index in [1.54, 1.807) is 0 Å². The van der Waals surface area contributed by atoms with Crippen LogP contribution in [0.1, 0.15) is 37.7 Å². The van der Waals surface area contributed by atoms with Crippen LogP contribution in [0.3, 0.4) is 0 Å². The van der Waals surface area contributed by atoms with Crippen LogP contribution in [0.15, 0.2) is 30.3 Å². The molecule has 0 N–H and O–H groups in total. The maximum absolute atomic E-state index is 13.0. The highest BCUT2D eigenvalue weighted by Crippen LogP contribution is 2.18. The van der Waals surface area contributed by atoms with Crippen molar-refractivity contribution in [3.8, 4) is 0 Å². The molecule has 2 aliphatic rings. The van der Waals surface area contributed by atoms with E-state index in [0.29, 0.717) is 18.4 Å². The summed E-state index contributed by atoms with van der Waals surface area (Å²) in [7, 11) is 2.20. The fourth-order valence-electron chi connectivity index (χ4n) is 4.19. The van der Waals surface area contributed by atoms with E-state index >= 15 is 0 Å². The third kappa shape index (κ3) is 6.10. The third-order valence-electron chi connectivity index (χ3n) is 5.99. The highest BCUT2D eigenvalue weighted by molar-refractivity contribution is 5.78. The van der Waals surface area contributed by atoms with Gasteiger partial charge in [-0.2, -0.15) is 0 Å². The highest BCUT2D eigenvalue weighted by Gasteiger charge is 2.24. The number of carbonyl (C=O) groups is 1. The van der Waals surface area contributed by atoms with Gasteiger partial charge in [0.1, 0.15) is 0 Å². The molecule has 1 aromatic carbocycles. The van der Waals surface area contributed by atoms with E-state index in [-0.39, 0.29) is 0 Å². The Kier molecular flexibility index (Phi) is 7.51. The summed E-state index contributed by atoms with van der Waals surface area (Å²) < 4.78 is 0. The molecular weight excluding hydrogens is 322 g/mol. The number of amides is 1. The molecule has 2 heterocycles. The Bertz CT molecular complexity index is 534. The molecule has 0 atom stereocenters. The molecule has 0 aliphatic carbocycles. The van der Waals surface area contributed by atoms with Crippen molar-refractivity contribution in [2.24, 2.45) is 5.92 Å². The number of likely N-dealkylation sites (tertiary alicyclic amines) is 2. The molecule has 2 fully saturated rings. The van der Waals surface area contributed by atoms with E-state index in [9.17, 15) is 4.79 Å². The standard InChI is InChI=1S/C22H35N3O/c1-23-15-10-21(11-16-23)18-25(17-12-20-8-4-2-5-9-20)22(26)19-24-13-6-3-7-14-24/h2,4-5,8-9,21H,3,6-7,10-19H2,1H3. The number of piperidine rings is 2. The predicted molar refractivity (Wildman–Crippen MR) is 107 cm³/mol. The third-order valence-corrected chi connectivity index (χ3v) is 5.99. The summed E-state index contributed by atoms with van der Waals surface area (Å²) in [6.45, 7) is 6.91. The van der Waals surface area contributed by atoms with Crippen LogP contribution in [0.25, 0.3) is 0 Å². The molecule has 0 aromatic heterocycles. The molecule has 1 amide bonds. The predicted octanol–water partition coefficient (Wildman–Crippen LogP) is 2.89. The topological polar surface area (TPSA) is 26.8 Å². The fourth-order valence-corrected chi connectivity index (χ4v) is 4.19. The van der Waals surface area contributed by atoms with Gasteiger partial charge in [0.15, 0.2) is 0 Å². The first-order chi connectivity index (χ1) is 12.7. The Hall–Kier alpha value is -1.39. The Labute approximate surface area is 159 Å². The van der Waals surface area contributed by atoms with Gasteiger partial charge in [-0.1, -0.05) is 36.8 Å². The van der Waals surface area contributed by atoms with Crippen molar-refractivity contribution in [1.29, 1.82) is 0 Å². The second kappa shape index (κ2) is 10.1. The minimum Gasteiger partial charge on any atom is -0.341 e. The molecule has 144 valence electrons. The van der Waals surface area contributed by atoms with Crippen LogP contribution in [-0.2, 0) is 11.2 Å². The van der Waals surface area contributed by atoms with Crippen molar-refractivity contribution in [3.63, 3.8) is 0 Å². The first kappa shape index (κ1) is 19.4. The molecule has 0 saturated carbocycles. The summed E-state index contributed by atoms with van der Waals surface area (Å²) in [6, 6.07) is 10.6. The largest absolute Gasteiger partial charge is 0.341 e. The normalized spacial score (nSPS) is 20.2. The Morgan fingerprint density at radius 1 is 1.04 bits per heavy atom. The molecule has 0 spiro atoms. The van der Waals surface area contributed by atoms with Crippen LogP contribution >= 0.6 is 0 Å². The van der Waals surface area contributed by atoms with Gasteiger partial charge in [0.05, 0.1) is 6.54 Å². The summed E-state index contributed by atoms with van der Waals surface area (Å²) in [4.78, 5) is 20.0. The first-order valence-electron chi connectivity index (χ1n) is 10.4. The van der Waals surface area contributed by atoms with Gasteiger partial charge in [-0.05, 0) is 76.8 Å². The van der Waals surface area contributed by atoms with Crippen LogP contribution in [-0.4, -0.2) is 73.5 Å². The zero-order chi connectivity index (χ0) is 18.2. The molecule has 0 bridgehead atoms. The maximum atomic E-state index is 13.0. The number of hydrogen-bond donors (Lipinski definition) is 0. The lowest BCUT2D eigenvalue weighted by Crippen LogP contribution is -2.46. The van der Waals surface area contributed by atoms with Crippen molar-refractivity contribution >= 4 is 5.91 Å². The van der Waals surface area contributed by atoms with Crippen LogP contribution in [0.2, 0.25) is 0 Å². The van der Waals surface area contributed by atoms with E-state index in [2.05, 4.69) is 52.1 Å². The van der Waals surface area contributed by atoms with Gasteiger partial charge in [-0.3, -0.25) is 9.69 Å². The van der Waals surface area contributed by atoms with E-state index in [1.165, 1.54) is 37.7 Å². The van der Waals surface area contributed by atoms with Crippen LogP contribution in [0, 0.1) is 5.92 Å². The van der Waals surface area contributed by atoms with Gasteiger partial charge >= 0.3 is 0 Å². The Balaban J connectivity index is 1.56. The summed E-state index contributed by atoms with van der Waals surface area (Å²) in [5.74, 6) is 0.994. The summed E-state index contributed by atoms with van der Waals surface area (Å²) in [5.41, 5.74) is 1.33. The first-order valence-corrected chi connectivity index (χ1v) is 10.4. The molecule has 26 heavy (non-hydrogen) atoms. The lowest BCUT2D eigenvalue weighted by atomic mass is 9.96.